The lowest BCUT2D eigenvalue weighted by atomic mass is 10.1. The largest absolute Gasteiger partial charge is 0.351 e. The third-order valence-electron chi connectivity index (χ3n) is 2.92. The van der Waals surface area contributed by atoms with Crippen LogP contribution < -0.4 is 5.32 Å². The zero-order valence-electron chi connectivity index (χ0n) is 11.8. The fraction of sp³-hybridized carbons (Fsp3) is 0.188. The lowest BCUT2D eigenvalue weighted by Crippen LogP contribution is -2.25. The summed E-state index contributed by atoms with van der Waals surface area (Å²) in [7, 11) is 0. The standard InChI is InChI=1S/C16H14ClN3OS/c17-15-6-5-13(10-20-15)16(21)19-7-8-22-11-14-4-2-1-3-12(14)9-18/h1-6,10H,7-8,11H2,(H,19,21). The molecule has 112 valence electrons. The van der Waals surface area contributed by atoms with Gasteiger partial charge in [-0.05, 0) is 23.8 Å². The summed E-state index contributed by atoms with van der Waals surface area (Å²) in [5, 5.41) is 12.2. The van der Waals surface area contributed by atoms with Gasteiger partial charge in [-0.3, -0.25) is 4.79 Å². The molecule has 1 N–H and O–H groups in total. The summed E-state index contributed by atoms with van der Waals surface area (Å²) in [6.45, 7) is 0.556. The van der Waals surface area contributed by atoms with Gasteiger partial charge in [0.15, 0.2) is 0 Å². The Morgan fingerprint density at radius 1 is 1.32 bits per heavy atom. The van der Waals surface area contributed by atoms with Crippen molar-refractivity contribution < 1.29 is 4.79 Å². The van der Waals surface area contributed by atoms with E-state index in [1.807, 2.05) is 24.3 Å². The van der Waals surface area contributed by atoms with Crippen molar-refractivity contribution in [1.82, 2.24) is 10.3 Å². The van der Waals surface area contributed by atoms with Crippen LogP contribution in [0.5, 0.6) is 0 Å². The molecule has 0 aliphatic rings. The van der Waals surface area contributed by atoms with Crippen LogP contribution >= 0.6 is 23.4 Å². The molecule has 0 aliphatic heterocycles. The van der Waals surface area contributed by atoms with E-state index in [-0.39, 0.29) is 5.91 Å². The fourth-order valence-electron chi connectivity index (χ4n) is 1.79. The molecule has 0 spiro atoms. The summed E-state index contributed by atoms with van der Waals surface area (Å²) in [6.07, 6.45) is 1.45. The number of hydrogen-bond donors (Lipinski definition) is 1. The maximum absolute atomic E-state index is 11.8. The van der Waals surface area contributed by atoms with Crippen molar-refractivity contribution in [2.75, 3.05) is 12.3 Å². The predicted octanol–water partition coefficient (Wildman–Crippen LogP) is 3.27. The van der Waals surface area contributed by atoms with Gasteiger partial charge < -0.3 is 5.32 Å². The topological polar surface area (TPSA) is 65.8 Å². The molecule has 0 saturated carbocycles. The van der Waals surface area contributed by atoms with E-state index in [1.54, 1.807) is 23.9 Å². The molecule has 1 amide bonds. The van der Waals surface area contributed by atoms with E-state index < -0.39 is 0 Å². The molecule has 0 unspecified atom stereocenters. The van der Waals surface area contributed by atoms with E-state index in [0.717, 1.165) is 17.1 Å². The summed E-state index contributed by atoms with van der Waals surface area (Å²) in [5.41, 5.74) is 2.21. The molecule has 0 atom stereocenters. The number of nitrogens with zero attached hydrogens (tertiary/aromatic N) is 2. The Morgan fingerprint density at radius 3 is 2.86 bits per heavy atom. The summed E-state index contributed by atoms with van der Waals surface area (Å²) in [6, 6.07) is 12.9. The Morgan fingerprint density at radius 2 is 2.14 bits per heavy atom. The second-order valence-electron chi connectivity index (χ2n) is 4.45. The molecule has 1 aromatic heterocycles. The number of nitrogens with one attached hydrogen (secondary N) is 1. The van der Waals surface area contributed by atoms with E-state index in [4.69, 9.17) is 16.9 Å². The van der Waals surface area contributed by atoms with Crippen molar-refractivity contribution in [3.63, 3.8) is 0 Å². The molecule has 0 bridgehead atoms. The van der Waals surface area contributed by atoms with Crippen LogP contribution in [0.15, 0.2) is 42.6 Å². The first-order valence-electron chi connectivity index (χ1n) is 6.66. The smallest absolute Gasteiger partial charge is 0.252 e. The third-order valence-corrected chi connectivity index (χ3v) is 4.15. The van der Waals surface area contributed by atoms with Gasteiger partial charge in [0.1, 0.15) is 5.15 Å². The number of aromatic nitrogens is 1. The quantitative estimate of drug-likeness (QED) is 0.651. The predicted molar refractivity (Wildman–Crippen MR) is 88.9 cm³/mol. The van der Waals surface area contributed by atoms with E-state index >= 15 is 0 Å². The summed E-state index contributed by atoms with van der Waals surface area (Å²) < 4.78 is 0. The second kappa shape index (κ2) is 8.42. The van der Waals surface area contributed by atoms with Crippen LogP contribution in [0.4, 0.5) is 0 Å². The van der Waals surface area contributed by atoms with E-state index in [0.29, 0.717) is 22.8 Å². The third kappa shape index (κ3) is 4.76. The van der Waals surface area contributed by atoms with Crippen molar-refractivity contribution >= 4 is 29.3 Å². The van der Waals surface area contributed by atoms with E-state index in [1.165, 1.54) is 6.20 Å². The van der Waals surface area contributed by atoms with Crippen LogP contribution in [-0.4, -0.2) is 23.2 Å². The van der Waals surface area contributed by atoms with E-state index in [2.05, 4.69) is 16.4 Å². The average molecular weight is 332 g/mol. The van der Waals surface area contributed by atoms with Gasteiger partial charge in [0.05, 0.1) is 17.2 Å². The molecule has 0 saturated heterocycles. The van der Waals surface area contributed by atoms with E-state index in [9.17, 15) is 4.79 Å². The molecule has 2 rings (SSSR count). The minimum atomic E-state index is -0.165. The van der Waals surface area contributed by atoms with Crippen molar-refractivity contribution in [3.8, 4) is 6.07 Å². The molecule has 22 heavy (non-hydrogen) atoms. The lowest BCUT2D eigenvalue weighted by Gasteiger charge is -2.06. The number of carbonyl (C=O) groups is 1. The summed E-state index contributed by atoms with van der Waals surface area (Å²) in [5.74, 6) is 1.36. The Kier molecular flexibility index (Phi) is 6.26. The number of halogens is 1. The number of pyridine rings is 1. The average Bonchev–Trinajstić information content (AvgIpc) is 2.55. The molecule has 0 radical (unpaired) electrons. The lowest BCUT2D eigenvalue weighted by molar-refractivity contribution is 0.0956. The SMILES string of the molecule is N#Cc1ccccc1CSCCNC(=O)c1ccc(Cl)nc1. The normalized spacial score (nSPS) is 10.0. The molecule has 1 aromatic carbocycles. The van der Waals surface area contributed by atoms with Crippen LogP contribution in [0, 0.1) is 11.3 Å². The minimum Gasteiger partial charge on any atom is -0.351 e. The van der Waals surface area contributed by atoms with Crippen molar-refractivity contribution in [2.45, 2.75) is 5.75 Å². The van der Waals surface area contributed by atoms with Crippen molar-refractivity contribution in [2.24, 2.45) is 0 Å². The Balaban J connectivity index is 1.72. The number of benzene rings is 1. The highest BCUT2D eigenvalue weighted by Gasteiger charge is 2.05. The number of nitriles is 1. The van der Waals surface area contributed by atoms with Gasteiger partial charge in [-0.15, -0.1) is 0 Å². The fourth-order valence-corrected chi connectivity index (χ4v) is 2.76. The van der Waals surface area contributed by atoms with Crippen LogP contribution in [0.1, 0.15) is 21.5 Å². The van der Waals surface area contributed by atoms with Crippen molar-refractivity contribution in [3.05, 3.63) is 64.4 Å². The Labute approximate surface area is 138 Å². The maximum atomic E-state index is 11.8. The molecule has 2 aromatic rings. The Bertz CT molecular complexity index is 683. The van der Waals surface area contributed by atoms with Crippen molar-refractivity contribution in [1.29, 1.82) is 5.26 Å². The van der Waals surface area contributed by atoms with Gasteiger partial charge in [-0.25, -0.2) is 4.98 Å². The number of amides is 1. The summed E-state index contributed by atoms with van der Waals surface area (Å²) in [4.78, 5) is 15.7. The van der Waals surface area contributed by atoms with Gasteiger partial charge in [0.25, 0.3) is 5.91 Å². The van der Waals surface area contributed by atoms with Crippen LogP contribution in [0.25, 0.3) is 0 Å². The summed E-state index contributed by atoms with van der Waals surface area (Å²) >= 11 is 7.35. The van der Waals surface area contributed by atoms with Crippen LogP contribution in [-0.2, 0) is 5.75 Å². The highest BCUT2D eigenvalue weighted by atomic mass is 35.5. The van der Waals surface area contributed by atoms with Gasteiger partial charge in [-0.1, -0.05) is 29.8 Å². The monoisotopic (exact) mass is 331 g/mol. The van der Waals surface area contributed by atoms with Crippen LogP contribution in [0.2, 0.25) is 5.15 Å². The van der Waals surface area contributed by atoms with Crippen LogP contribution in [0.3, 0.4) is 0 Å². The first-order valence-corrected chi connectivity index (χ1v) is 8.19. The second-order valence-corrected chi connectivity index (χ2v) is 5.94. The molecule has 4 nitrogen and oxygen atoms in total. The molecular formula is C16H14ClN3OS. The number of rotatable bonds is 6. The molecule has 6 heteroatoms. The molecule has 0 fully saturated rings. The highest BCUT2D eigenvalue weighted by molar-refractivity contribution is 7.98. The molecule has 0 aliphatic carbocycles. The maximum Gasteiger partial charge on any atom is 0.252 e. The molecular weight excluding hydrogens is 318 g/mol. The first-order chi connectivity index (χ1) is 10.7. The zero-order chi connectivity index (χ0) is 15.8. The Hall–Kier alpha value is -2.03. The number of thioether (sulfide) groups is 1. The highest BCUT2D eigenvalue weighted by Crippen LogP contribution is 2.15. The zero-order valence-corrected chi connectivity index (χ0v) is 13.3. The first kappa shape index (κ1) is 16.3. The van der Waals surface area contributed by atoms with Gasteiger partial charge in [0, 0.05) is 24.2 Å². The number of hydrogen-bond acceptors (Lipinski definition) is 4. The molecule has 1 heterocycles. The van der Waals surface area contributed by atoms with Gasteiger partial charge in [-0.2, -0.15) is 17.0 Å². The van der Waals surface area contributed by atoms with Gasteiger partial charge in [0.2, 0.25) is 0 Å². The number of carbonyl (C=O) groups excluding carboxylic acids is 1. The minimum absolute atomic E-state index is 0.165. The van der Waals surface area contributed by atoms with Gasteiger partial charge >= 0.3 is 0 Å².